The lowest BCUT2D eigenvalue weighted by Crippen LogP contribution is -2.38. The first-order valence-corrected chi connectivity index (χ1v) is 7.96. The van der Waals surface area contributed by atoms with E-state index in [0.717, 1.165) is 24.3 Å². The normalized spacial score (nSPS) is 16.5. The van der Waals surface area contributed by atoms with Crippen LogP contribution in [0.5, 0.6) is 5.75 Å². The first-order valence-electron chi connectivity index (χ1n) is 7.96. The number of amides is 1. The first kappa shape index (κ1) is 15.6. The number of hydrogen-bond donors (Lipinski definition) is 1. The molecule has 1 heterocycles. The molecule has 4 heteroatoms. The lowest BCUT2D eigenvalue weighted by Gasteiger charge is -2.27. The number of carbonyl (C=O) groups is 1. The maximum absolute atomic E-state index is 12.3. The second-order valence-corrected chi connectivity index (χ2v) is 5.95. The van der Waals surface area contributed by atoms with Gasteiger partial charge in [0.05, 0.1) is 19.2 Å². The van der Waals surface area contributed by atoms with Crippen molar-refractivity contribution in [2.45, 2.75) is 19.0 Å². The van der Waals surface area contributed by atoms with E-state index in [4.69, 9.17) is 4.74 Å². The van der Waals surface area contributed by atoms with Crippen molar-refractivity contribution in [2.24, 2.45) is 0 Å². The predicted molar refractivity (Wildman–Crippen MR) is 90.2 cm³/mol. The number of ether oxygens (including phenoxy) is 1. The molecule has 2 aromatic rings. The molecule has 1 atom stereocenters. The van der Waals surface area contributed by atoms with E-state index in [9.17, 15) is 4.79 Å². The molecule has 1 aliphatic rings. The summed E-state index contributed by atoms with van der Waals surface area (Å²) < 4.78 is 5.63. The molecule has 23 heavy (non-hydrogen) atoms. The average Bonchev–Trinajstić information content (AvgIpc) is 2.56. The van der Waals surface area contributed by atoms with Crippen molar-refractivity contribution in [3.05, 3.63) is 65.7 Å². The summed E-state index contributed by atoms with van der Waals surface area (Å²) in [6, 6.07) is 18.1. The van der Waals surface area contributed by atoms with Crippen LogP contribution >= 0.6 is 0 Å². The number of nitrogens with zero attached hydrogens (tertiary/aromatic N) is 1. The van der Waals surface area contributed by atoms with Gasteiger partial charge >= 0.3 is 0 Å². The van der Waals surface area contributed by atoms with Crippen molar-refractivity contribution < 1.29 is 9.53 Å². The highest BCUT2D eigenvalue weighted by atomic mass is 16.5. The summed E-state index contributed by atoms with van der Waals surface area (Å²) in [7, 11) is 1.96. The van der Waals surface area contributed by atoms with Crippen molar-refractivity contribution in [1.82, 2.24) is 10.2 Å². The van der Waals surface area contributed by atoms with Gasteiger partial charge in [-0.2, -0.15) is 0 Å². The highest BCUT2D eigenvalue weighted by Crippen LogP contribution is 2.31. The van der Waals surface area contributed by atoms with Gasteiger partial charge in [-0.05, 0) is 18.7 Å². The molecule has 0 bridgehead atoms. The lowest BCUT2D eigenvalue weighted by molar-refractivity contribution is -0.123. The van der Waals surface area contributed by atoms with Gasteiger partial charge in [0.1, 0.15) is 5.75 Å². The molecule has 0 radical (unpaired) electrons. The van der Waals surface area contributed by atoms with Gasteiger partial charge in [-0.15, -0.1) is 0 Å². The smallest absolute Gasteiger partial charge is 0.234 e. The molecule has 1 amide bonds. The van der Waals surface area contributed by atoms with Crippen LogP contribution in [0.25, 0.3) is 0 Å². The molecular weight excluding hydrogens is 288 g/mol. The summed E-state index contributed by atoms with van der Waals surface area (Å²) in [5, 5.41) is 3.13. The number of para-hydroxylation sites is 1. The highest BCUT2D eigenvalue weighted by molar-refractivity contribution is 5.78. The van der Waals surface area contributed by atoms with Gasteiger partial charge in [-0.3, -0.25) is 9.69 Å². The number of hydrogen-bond acceptors (Lipinski definition) is 3. The SMILES string of the molecule is CN(CC(=O)NC1CCOc2ccccc21)Cc1ccccc1. The van der Waals surface area contributed by atoms with Crippen LogP contribution in [0.3, 0.4) is 0 Å². The number of benzene rings is 2. The molecule has 120 valence electrons. The summed E-state index contributed by atoms with van der Waals surface area (Å²) in [5.74, 6) is 0.923. The number of carbonyl (C=O) groups excluding carboxylic acids is 1. The molecule has 1 unspecified atom stereocenters. The summed E-state index contributed by atoms with van der Waals surface area (Å²) in [6.45, 7) is 1.79. The molecule has 2 aromatic carbocycles. The molecule has 1 N–H and O–H groups in total. The van der Waals surface area contributed by atoms with E-state index < -0.39 is 0 Å². The van der Waals surface area contributed by atoms with Crippen LogP contribution < -0.4 is 10.1 Å². The Kier molecular flexibility index (Phi) is 4.93. The highest BCUT2D eigenvalue weighted by Gasteiger charge is 2.22. The Labute approximate surface area is 137 Å². The van der Waals surface area contributed by atoms with E-state index in [1.165, 1.54) is 5.56 Å². The standard InChI is InChI=1S/C19H22N2O2/c1-21(13-15-7-3-2-4-8-15)14-19(22)20-17-11-12-23-18-10-6-5-9-16(17)18/h2-10,17H,11-14H2,1H3,(H,20,22). The van der Waals surface area contributed by atoms with E-state index in [0.29, 0.717) is 13.2 Å². The zero-order valence-electron chi connectivity index (χ0n) is 13.4. The van der Waals surface area contributed by atoms with E-state index in [1.807, 2.05) is 54.4 Å². The zero-order valence-corrected chi connectivity index (χ0v) is 13.4. The predicted octanol–water partition coefficient (Wildman–Crippen LogP) is 2.76. The van der Waals surface area contributed by atoms with Crippen molar-refractivity contribution in [3.8, 4) is 5.75 Å². The average molecular weight is 310 g/mol. The molecular formula is C19H22N2O2. The Balaban J connectivity index is 1.56. The molecule has 0 saturated heterocycles. The summed E-state index contributed by atoms with van der Waals surface area (Å²) in [5.41, 5.74) is 2.28. The second-order valence-electron chi connectivity index (χ2n) is 5.95. The number of rotatable bonds is 5. The van der Waals surface area contributed by atoms with E-state index >= 15 is 0 Å². The van der Waals surface area contributed by atoms with E-state index in [-0.39, 0.29) is 11.9 Å². The maximum atomic E-state index is 12.3. The molecule has 1 aliphatic heterocycles. The third kappa shape index (κ3) is 4.11. The van der Waals surface area contributed by atoms with Crippen LogP contribution in [-0.4, -0.2) is 31.0 Å². The van der Waals surface area contributed by atoms with Gasteiger partial charge in [0.2, 0.25) is 5.91 Å². The Morgan fingerprint density at radius 3 is 2.74 bits per heavy atom. The van der Waals surface area contributed by atoms with Crippen LogP contribution in [0.15, 0.2) is 54.6 Å². The van der Waals surface area contributed by atoms with Gasteiger partial charge in [0.15, 0.2) is 0 Å². The van der Waals surface area contributed by atoms with Gasteiger partial charge in [-0.25, -0.2) is 0 Å². The quantitative estimate of drug-likeness (QED) is 0.923. The zero-order chi connectivity index (χ0) is 16.1. The fourth-order valence-corrected chi connectivity index (χ4v) is 2.93. The van der Waals surface area contributed by atoms with Crippen LogP contribution in [0.2, 0.25) is 0 Å². The maximum Gasteiger partial charge on any atom is 0.234 e. The Hall–Kier alpha value is -2.33. The fraction of sp³-hybridized carbons (Fsp3) is 0.316. The lowest BCUT2D eigenvalue weighted by atomic mass is 10.0. The monoisotopic (exact) mass is 310 g/mol. The first-order chi connectivity index (χ1) is 11.2. The van der Waals surface area contributed by atoms with Crippen LogP contribution in [-0.2, 0) is 11.3 Å². The largest absolute Gasteiger partial charge is 0.493 e. The van der Waals surface area contributed by atoms with Crippen LogP contribution in [0, 0.1) is 0 Å². The van der Waals surface area contributed by atoms with Crippen LogP contribution in [0.1, 0.15) is 23.6 Å². The Morgan fingerprint density at radius 1 is 1.17 bits per heavy atom. The molecule has 0 spiro atoms. The third-order valence-corrected chi connectivity index (χ3v) is 4.00. The van der Waals surface area contributed by atoms with E-state index in [2.05, 4.69) is 17.4 Å². The number of nitrogens with one attached hydrogen (secondary N) is 1. The second kappa shape index (κ2) is 7.29. The van der Waals surface area contributed by atoms with Crippen molar-refractivity contribution in [3.63, 3.8) is 0 Å². The summed E-state index contributed by atoms with van der Waals surface area (Å²) in [4.78, 5) is 14.4. The van der Waals surface area contributed by atoms with Gasteiger partial charge in [0.25, 0.3) is 0 Å². The summed E-state index contributed by atoms with van der Waals surface area (Å²) in [6.07, 6.45) is 0.811. The molecule has 3 rings (SSSR count). The topological polar surface area (TPSA) is 41.6 Å². The minimum absolute atomic E-state index is 0.0394. The van der Waals surface area contributed by atoms with Crippen molar-refractivity contribution >= 4 is 5.91 Å². The fourth-order valence-electron chi connectivity index (χ4n) is 2.93. The molecule has 0 aromatic heterocycles. The van der Waals surface area contributed by atoms with Gasteiger partial charge in [-0.1, -0.05) is 48.5 Å². The van der Waals surface area contributed by atoms with E-state index in [1.54, 1.807) is 0 Å². The Bertz CT molecular complexity index is 657. The van der Waals surface area contributed by atoms with Crippen molar-refractivity contribution in [2.75, 3.05) is 20.2 Å². The molecule has 0 fully saturated rings. The minimum atomic E-state index is 0.0394. The molecule has 4 nitrogen and oxygen atoms in total. The van der Waals surface area contributed by atoms with Gasteiger partial charge < -0.3 is 10.1 Å². The Morgan fingerprint density at radius 2 is 1.91 bits per heavy atom. The van der Waals surface area contributed by atoms with Gasteiger partial charge in [0, 0.05) is 18.5 Å². The molecule has 0 saturated carbocycles. The van der Waals surface area contributed by atoms with Crippen LogP contribution in [0.4, 0.5) is 0 Å². The third-order valence-electron chi connectivity index (χ3n) is 4.00. The van der Waals surface area contributed by atoms with Crippen molar-refractivity contribution in [1.29, 1.82) is 0 Å². The number of likely N-dealkylation sites (N-methyl/N-ethyl adjacent to an activating group) is 1. The minimum Gasteiger partial charge on any atom is -0.493 e. The number of fused-ring (bicyclic) bond motifs is 1. The molecule has 0 aliphatic carbocycles. The summed E-state index contributed by atoms with van der Waals surface area (Å²) >= 11 is 0.